The first-order chi connectivity index (χ1) is 9.29. The highest BCUT2D eigenvalue weighted by atomic mass is 79.9. The van der Waals surface area contributed by atoms with Crippen LogP contribution in [0.3, 0.4) is 0 Å². The molecule has 106 valence electrons. The van der Waals surface area contributed by atoms with E-state index in [2.05, 4.69) is 20.7 Å². The third kappa shape index (κ3) is 3.38. The zero-order valence-electron chi connectivity index (χ0n) is 9.90. The normalized spacial score (nSPS) is 11.3. The summed E-state index contributed by atoms with van der Waals surface area (Å²) in [5.41, 5.74) is 6.14. The molecule has 0 aliphatic rings. The number of hydrogen-bond donors (Lipinski definition) is 2. The second kappa shape index (κ2) is 5.81. The van der Waals surface area contributed by atoms with Crippen molar-refractivity contribution in [1.29, 1.82) is 0 Å². The standard InChI is InChI=1S/C12H9BrCl2N2O2S/c13-9-3-1-7(14)5-12(9)17-20(18,19)8-2-4-10(15)11(16)6-8/h1-6,17H,16H2. The molecule has 0 aromatic heterocycles. The lowest BCUT2D eigenvalue weighted by Gasteiger charge is -2.11. The highest BCUT2D eigenvalue weighted by Crippen LogP contribution is 2.29. The minimum Gasteiger partial charge on any atom is -0.397 e. The number of anilines is 2. The Labute approximate surface area is 135 Å². The van der Waals surface area contributed by atoms with Crippen molar-refractivity contribution in [2.45, 2.75) is 4.90 Å². The van der Waals surface area contributed by atoms with E-state index < -0.39 is 10.0 Å². The molecular weight excluding hydrogens is 387 g/mol. The van der Waals surface area contributed by atoms with E-state index in [0.29, 0.717) is 20.2 Å². The van der Waals surface area contributed by atoms with Crippen LogP contribution in [0.4, 0.5) is 11.4 Å². The van der Waals surface area contributed by atoms with Gasteiger partial charge in [0.2, 0.25) is 0 Å². The van der Waals surface area contributed by atoms with Crippen molar-refractivity contribution in [3.8, 4) is 0 Å². The summed E-state index contributed by atoms with van der Waals surface area (Å²) in [7, 11) is -3.77. The van der Waals surface area contributed by atoms with Crippen LogP contribution in [0.1, 0.15) is 0 Å². The van der Waals surface area contributed by atoms with Crippen molar-refractivity contribution in [2.24, 2.45) is 0 Å². The largest absolute Gasteiger partial charge is 0.397 e. The monoisotopic (exact) mass is 394 g/mol. The van der Waals surface area contributed by atoms with Gasteiger partial charge in [-0.2, -0.15) is 0 Å². The van der Waals surface area contributed by atoms with Gasteiger partial charge in [0.25, 0.3) is 10.0 Å². The van der Waals surface area contributed by atoms with Gasteiger partial charge in [0, 0.05) is 9.50 Å². The molecule has 2 aromatic rings. The summed E-state index contributed by atoms with van der Waals surface area (Å²) in [6, 6.07) is 8.89. The van der Waals surface area contributed by atoms with Crippen molar-refractivity contribution < 1.29 is 8.42 Å². The maximum atomic E-state index is 12.3. The van der Waals surface area contributed by atoms with E-state index in [1.807, 2.05) is 0 Å². The zero-order chi connectivity index (χ0) is 14.9. The van der Waals surface area contributed by atoms with Gasteiger partial charge in [-0.25, -0.2) is 8.42 Å². The third-order valence-corrected chi connectivity index (χ3v) is 5.08. The highest BCUT2D eigenvalue weighted by molar-refractivity contribution is 9.10. The molecule has 0 heterocycles. The first-order valence-corrected chi connectivity index (χ1v) is 8.36. The van der Waals surface area contributed by atoms with E-state index in [0.717, 1.165) is 0 Å². The molecule has 3 N–H and O–H groups in total. The lowest BCUT2D eigenvalue weighted by Crippen LogP contribution is -2.13. The molecule has 2 aromatic carbocycles. The van der Waals surface area contributed by atoms with Gasteiger partial charge in [0.15, 0.2) is 0 Å². The Morgan fingerprint density at radius 3 is 2.45 bits per heavy atom. The Morgan fingerprint density at radius 2 is 1.80 bits per heavy atom. The molecule has 0 bridgehead atoms. The van der Waals surface area contributed by atoms with E-state index in [-0.39, 0.29) is 10.6 Å². The molecule has 0 saturated carbocycles. The third-order valence-electron chi connectivity index (χ3n) is 2.45. The number of halogens is 3. The summed E-state index contributed by atoms with van der Waals surface area (Å²) >= 11 is 14.9. The van der Waals surface area contributed by atoms with Crippen LogP contribution in [0, 0.1) is 0 Å². The molecule has 0 fully saturated rings. The molecule has 4 nitrogen and oxygen atoms in total. The van der Waals surface area contributed by atoms with Crippen molar-refractivity contribution in [1.82, 2.24) is 0 Å². The molecule has 0 amide bonds. The van der Waals surface area contributed by atoms with Crippen molar-refractivity contribution in [2.75, 3.05) is 10.5 Å². The number of rotatable bonds is 3. The summed E-state index contributed by atoms with van der Waals surface area (Å²) in [5, 5.41) is 0.717. The fourth-order valence-corrected chi connectivity index (χ4v) is 3.34. The minimum atomic E-state index is -3.77. The Balaban J connectivity index is 2.40. The first kappa shape index (κ1) is 15.4. The molecule has 8 heteroatoms. The summed E-state index contributed by atoms with van der Waals surface area (Å²) in [6.07, 6.45) is 0. The van der Waals surface area contributed by atoms with Crippen LogP contribution in [0.15, 0.2) is 45.8 Å². The Hall–Kier alpha value is -0.950. The number of nitrogen functional groups attached to an aromatic ring is 1. The van der Waals surface area contributed by atoms with Crippen LogP contribution in [0.2, 0.25) is 10.0 Å². The van der Waals surface area contributed by atoms with Gasteiger partial charge in [-0.3, -0.25) is 4.72 Å². The van der Waals surface area contributed by atoms with Crippen LogP contribution in [-0.4, -0.2) is 8.42 Å². The van der Waals surface area contributed by atoms with E-state index in [9.17, 15) is 8.42 Å². The molecule has 0 saturated heterocycles. The molecule has 0 unspecified atom stereocenters. The molecule has 0 spiro atoms. The average Bonchev–Trinajstić information content (AvgIpc) is 2.36. The zero-order valence-corrected chi connectivity index (χ0v) is 13.8. The molecule has 0 aliphatic heterocycles. The van der Waals surface area contributed by atoms with E-state index in [4.69, 9.17) is 28.9 Å². The fraction of sp³-hybridized carbons (Fsp3) is 0. The van der Waals surface area contributed by atoms with Crippen LogP contribution >= 0.6 is 39.1 Å². The molecule has 2 rings (SSSR count). The Morgan fingerprint density at radius 1 is 1.10 bits per heavy atom. The van der Waals surface area contributed by atoms with Crippen LogP contribution in [-0.2, 0) is 10.0 Å². The highest BCUT2D eigenvalue weighted by Gasteiger charge is 2.17. The number of sulfonamides is 1. The van der Waals surface area contributed by atoms with Gasteiger partial charge in [0.1, 0.15) is 0 Å². The van der Waals surface area contributed by atoms with Crippen molar-refractivity contribution in [3.63, 3.8) is 0 Å². The molecule has 20 heavy (non-hydrogen) atoms. The number of hydrogen-bond acceptors (Lipinski definition) is 3. The quantitative estimate of drug-likeness (QED) is 0.767. The lowest BCUT2D eigenvalue weighted by atomic mass is 10.3. The number of benzene rings is 2. The smallest absolute Gasteiger partial charge is 0.262 e. The van der Waals surface area contributed by atoms with E-state index in [1.165, 1.54) is 24.3 Å². The van der Waals surface area contributed by atoms with Crippen LogP contribution < -0.4 is 10.5 Å². The van der Waals surface area contributed by atoms with Gasteiger partial charge < -0.3 is 5.73 Å². The molecule has 0 radical (unpaired) electrons. The van der Waals surface area contributed by atoms with Gasteiger partial charge in [-0.05, 0) is 52.3 Å². The topological polar surface area (TPSA) is 72.2 Å². The Bertz CT molecular complexity index is 766. The average molecular weight is 396 g/mol. The van der Waals surface area contributed by atoms with Crippen LogP contribution in [0.5, 0.6) is 0 Å². The van der Waals surface area contributed by atoms with Gasteiger partial charge in [0.05, 0.1) is 21.3 Å². The summed E-state index contributed by atoms with van der Waals surface area (Å²) < 4.78 is 27.5. The van der Waals surface area contributed by atoms with Gasteiger partial charge >= 0.3 is 0 Å². The minimum absolute atomic E-state index is 0.0197. The second-order valence-corrected chi connectivity index (χ2v) is 7.29. The maximum Gasteiger partial charge on any atom is 0.262 e. The van der Waals surface area contributed by atoms with Crippen LogP contribution in [0.25, 0.3) is 0 Å². The SMILES string of the molecule is Nc1cc(S(=O)(=O)Nc2cc(Cl)ccc2Br)ccc1Cl. The number of nitrogens with two attached hydrogens (primary N) is 1. The summed E-state index contributed by atoms with van der Waals surface area (Å²) in [5.74, 6) is 0. The molecular formula is C12H9BrCl2N2O2S. The predicted octanol–water partition coefficient (Wildman–Crippen LogP) is 4.14. The molecule has 0 aliphatic carbocycles. The lowest BCUT2D eigenvalue weighted by molar-refractivity contribution is 0.601. The maximum absolute atomic E-state index is 12.3. The van der Waals surface area contributed by atoms with E-state index >= 15 is 0 Å². The van der Waals surface area contributed by atoms with Gasteiger partial charge in [-0.1, -0.05) is 23.2 Å². The van der Waals surface area contributed by atoms with Crippen molar-refractivity contribution >= 4 is 60.5 Å². The molecule has 0 atom stereocenters. The summed E-state index contributed by atoms with van der Waals surface area (Å²) in [6.45, 7) is 0. The van der Waals surface area contributed by atoms with Crippen molar-refractivity contribution in [3.05, 3.63) is 50.9 Å². The fourth-order valence-electron chi connectivity index (χ4n) is 1.47. The summed E-state index contributed by atoms with van der Waals surface area (Å²) in [4.78, 5) is 0.0197. The second-order valence-electron chi connectivity index (χ2n) is 3.91. The van der Waals surface area contributed by atoms with E-state index in [1.54, 1.807) is 12.1 Å². The predicted molar refractivity (Wildman–Crippen MR) is 85.8 cm³/mol. The Kier molecular flexibility index (Phi) is 4.49. The first-order valence-electron chi connectivity index (χ1n) is 5.32. The number of nitrogens with one attached hydrogen (secondary N) is 1. The van der Waals surface area contributed by atoms with Gasteiger partial charge in [-0.15, -0.1) is 0 Å².